The van der Waals surface area contributed by atoms with E-state index in [2.05, 4.69) is 10.0 Å². The van der Waals surface area contributed by atoms with E-state index in [1.165, 1.54) is 0 Å². The average molecular weight is 367 g/mol. The topological polar surface area (TPSA) is 111 Å². The molecule has 0 amide bonds. The van der Waals surface area contributed by atoms with Gasteiger partial charge in [-0.1, -0.05) is 41.5 Å². The SMILES string of the molecule is [N-]=[N+]=NC1COC[C@@H](OC(=O)c2ccccc2)[C@@H]1OC(=O)c1ccccc1. The number of carbonyl (C=O) groups excluding carboxylic acids is 2. The fourth-order valence-electron chi connectivity index (χ4n) is 2.71. The molecule has 2 aromatic carbocycles. The predicted octanol–water partition coefficient (Wildman–Crippen LogP) is 3.15. The van der Waals surface area contributed by atoms with E-state index in [9.17, 15) is 9.59 Å². The molecule has 0 spiro atoms. The Morgan fingerprint density at radius 1 is 0.926 bits per heavy atom. The third-order valence-electron chi connectivity index (χ3n) is 4.04. The lowest BCUT2D eigenvalue weighted by atomic mass is 10.0. The number of carbonyl (C=O) groups is 2. The number of rotatable bonds is 5. The molecule has 0 N–H and O–H groups in total. The van der Waals surface area contributed by atoms with Crippen molar-refractivity contribution in [3.8, 4) is 0 Å². The van der Waals surface area contributed by atoms with Crippen molar-refractivity contribution in [2.75, 3.05) is 13.2 Å². The number of ether oxygens (including phenoxy) is 3. The largest absolute Gasteiger partial charge is 0.454 e. The molecule has 8 nitrogen and oxygen atoms in total. The van der Waals surface area contributed by atoms with E-state index in [1.54, 1.807) is 60.7 Å². The lowest BCUT2D eigenvalue weighted by Gasteiger charge is -2.34. The molecule has 0 aliphatic carbocycles. The van der Waals surface area contributed by atoms with Gasteiger partial charge in [-0.2, -0.15) is 0 Å². The molecular formula is C19H17N3O5. The van der Waals surface area contributed by atoms with E-state index < -0.39 is 30.2 Å². The summed E-state index contributed by atoms with van der Waals surface area (Å²) in [4.78, 5) is 27.6. The number of hydrogen-bond acceptors (Lipinski definition) is 6. The lowest BCUT2D eigenvalue weighted by Crippen LogP contribution is -2.51. The molecular weight excluding hydrogens is 350 g/mol. The molecule has 1 fully saturated rings. The highest BCUT2D eigenvalue weighted by molar-refractivity contribution is 5.90. The van der Waals surface area contributed by atoms with Gasteiger partial charge in [0.2, 0.25) is 0 Å². The molecule has 0 aromatic heterocycles. The van der Waals surface area contributed by atoms with Crippen LogP contribution in [0.5, 0.6) is 0 Å². The maximum Gasteiger partial charge on any atom is 0.338 e. The molecule has 0 radical (unpaired) electrons. The Morgan fingerprint density at radius 3 is 2.04 bits per heavy atom. The summed E-state index contributed by atoms with van der Waals surface area (Å²) in [7, 11) is 0. The first-order valence-corrected chi connectivity index (χ1v) is 8.33. The highest BCUT2D eigenvalue weighted by atomic mass is 16.6. The van der Waals surface area contributed by atoms with Crippen molar-refractivity contribution in [1.29, 1.82) is 0 Å². The molecule has 27 heavy (non-hydrogen) atoms. The summed E-state index contributed by atoms with van der Waals surface area (Å²) < 4.78 is 16.4. The third-order valence-corrected chi connectivity index (χ3v) is 4.04. The first-order valence-electron chi connectivity index (χ1n) is 8.33. The van der Waals surface area contributed by atoms with Gasteiger partial charge in [0.15, 0.2) is 12.2 Å². The van der Waals surface area contributed by atoms with E-state index in [4.69, 9.17) is 19.7 Å². The molecule has 1 unspecified atom stereocenters. The summed E-state index contributed by atoms with van der Waals surface area (Å²) in [6.45, 7) is 0.0962. The number of azide groups is 1. The first-order chi connectivity index (χ1) is 13.2. The summed E-state index contributed by atoms with van der Waals surface area (Å²) in [5.41, 5.74) is 9.49. The van der Waals surface area contributed by atoms with Crippen molar-refractivity contribution >= 4 is 11.9 Å². The summed E-state index contributed by atoms with van der Waals surface area (Å²) >= 11 is 0. The van der Waals surface area contributed by atoms with Crippen molar-refractivity contribution in [3.05, 3.63) is 82.2 Å². The van der Waals surface area contributed by atoms with E-state index in [1.807, 2.05) is 0 Å². The van der Waals surface area contributed by atoms with Crippen molar-refractivity contribution < 1.29 is 23.8 Å². The number of benzene rings is 2. The summed E-state index contributed by atoms with van der Waals surface area (Å²) in [6.07, 6.45) is -1.84. The predicted molar refractivity (Wildman–Crippen MR) is 95.0 cm³/mol. The van der Waals surface area contributed by atoms with Gasteiger partial charge in [0.1, 0.15) is 6.04 Å². The van der Waals surface area contributed by atoms with Crippen LogP contribution in [0.4, 0.5) is 0 Å². The van der Waals surface area contributed by atoms with Crippen LogP contribution in [-0.4, -0.2) is 43.4 Å². The molecule has 1 aliphatic rings. The minimum atomic E-state index is -0.949. The quantitative estimate of drug-likeness (QED) is 0.349. The second-order valence-electron chi connectivity index (χ2n) is 5.86. The lowest BCUT2D eigenvalue weighted by molar-refractivity contribution is -0.110. The monoisotopic (exact) mass is 367 g/mol. The van der Waals surface area contributed by atoms with Crippen LogP contribution in [-0.2, 0) is 14.2 Å². The Balaban J connectivity index is 1.78. The zero-order valence-electron chi connectivity index (χ0n) is 14.3. The molecule has 0 saturated carbocycles. The van der Waals surface area contributed by atoms with Crippen molar-refractivity contribution in [2.24, 2.45) is 5.11 Å². The van der Waals surface area contributed by atoms with Crippen LogP contribution < -0.4 is 0 Å². The summed E-state index contributed by atoms with van der Waals surface area (Å²) in [5.74, 6) is -1.17. The van der Waals surface area contributed by atoms with Gasteiger partial charge in [-0.3, -0.25) is 0 Å². The fraction of sp³-hybridized carbons (Fsp3) is 0.263. The van der Waals surface area contributed by atoms with Gasteiger partial charge >= 0.3 is 11.9 Å². The van der Waals surface area contributed by atoms with Gasteiger partial charge < -0.3 is 14.2 Å². The maximum absolute atomic E-state index is 12.4. The zero-order chi connectivity index (χ0) is 19.1. The van der Waals surface area contributed by atoms with Gasteiger partial charge in [-0.25, -0.2) is 9.59 Å². The van der Waals surface area contributed by atoms with Crippen LogP contribution in [0.2, 0.25) is 0 Å². The normalized spacial score (nSPS) is 21.6. The van der Waals surface area contributed by atoms with Crippen LogP contribution in [0, 0.1) is 0 Å². The van der Waals surface area contributed by atoms with E-state index in [0.717, 1.165) is 0 Å². The number of nitrogens with zero attached hydrogens (tertiary/aromatic N) is 3. The standard InChI is InChI=1S/C19H17N3O5/c20-22-21-15-11-25-12-16(26-18(23)13-7-3-1-4-8-13)17(15)27-19(24)14-9-5-2-6-10-14/h1-10,15-17H,11-12H2/t15?,16-,17-/m1/s1. The van der Waals surface area contributed by atoms with Crippen molar-refractivity contribution in [2.45, 2.75) is 18.2 Å². The summed E-state index contributed by atoms with van der Waals surface area (Å²) in [5, 5.41) is 3.63. The second kappa shape index (κ2) is 8.84. The fourth-order valence-corrected chi connectivity index (χ4v) is 2.71. The van der Waals surface area contributed by atoms with Crippen LogP contribution in [0.3, 0.4) is 0 Å². The Hall–Kier alpha value is -3.35. The maximum atomic E-state index is 12.4. The Bertz CT molecular complexity index is 837. The highest BCUT2D eigenvalue weighted by Crippen LogP contribution is 2.21. The minimum Gasteiger partial charge on any atom is -0.454 e. The second-order valence-corrected chi connectivity index (χ2v) is 5.86. The highest BCUT2D eigenvalue weighted by Gasteiger charge is 2.39. The Labute approximate surface area is 155 Å². The molecule has 0 bridgehead atoms. The number of hydrogen-bond donors (Lipinski definition) is 0. The average Bonchev–Trinajstić information content (AvgIpc) is 2.71. The summed E-state index contributed by atoms with van der Waals surface area (Å²) in [6, 6.07) is 16.0. The zero-order valence-corrected chi connectivity index (χ0v) is 14.3. The van der Waals surface area contributed by atoms with Crippen molar-refractivity contribution in [1.82, 2.24) is 0 Å². The molecule has 1 aliphatic heterocycles. The molecule has 2 aromatic rings. The third kappa shape index (κ3) is 4.63. The van der Waals surface area contributed by atoms with Gasteiger partial charge in [-0.05, 0) is 29.8 Å². The van der Waals surface area contributed by atoms with Crippen LogP contribution in [0.25, 0.3) is 10.4 Å². The van der Waals surface area contributed by atoms with Gasteiger partial charge in [0.25, 0.3) is 0 Å². The van der Waals surface area contributed by atoms with Gasteiger partial charge in [0, 0.05) is 4.91 Å². The van der Waals surface area contributed by atoms with Crippen LogP contribution in [0.15, 0.2) is 65.8 Å². The van der Waals surface area contributed by atoms with Crippen LogP contribution in [0.1, 0.15) is 20.7 Å². The van der Waals surface area contributed by atoms with Crippen LogP contribution >= 0.6 is 0 Å². The molecule has 1 heterocycles. The van der Waals surface area contributed by atoms with Gasteiger partial charge in [-0.15, -0.1) is 0 Å². The molecule has 8 heteroatoms. The van der Waals surface area contributed by atoms with E-state index in [0.29, 0.717) is 11.1 Å². The molecule has 138 valence electrons. The van der Waals surface area contributed by atoms with Gasteiger partial charge in [0.05, 0.1) is 24.3 Å². The Kier molecular flexibility index (Phi) is 6.04. The minimum absolute atomic E-state index is 0.0305. The molecule has 3 rings (SSSR count). The molecule has 3 atom stereocenters. The van der Waals surface area contributed by atoms with E-state index >= 15 is 0 Å². The van der Waals surface area contributed by atoms with E-state index in [-0.39, 0.29) is 13.2 Å². The smallest absolute Gasteiger partial charge is 0.338 e. The first kappa shape index (κ1) is 18.4. The van der Waals surface area contributed by atoms with Crippen molar-refractivity contribution in [3.63, 3.8) is 0 Å². The Morgan fingerprint density at radius 2 is 1.48 bits per heavy atom. The molecule has 1 saturated heterocycles. The number of esters is 2.